The van der Waals surface area contributed by atoms with Crippen molar-refractivity contribution in [1.29, 1.82) is 0 Å². The second kappa shape index (κ2) is 6.57. The maximum Gasteiger partial charge on any atom is 0.224 e. The Kier molecular flexibility index (Phi) is 4.14. The molecule has 0 unspecified atom stereocenters. The molecule has 23 heavy (non-hydrogen) atoms. The van der Waals surface area contributed by atoms with E-state index in [0.29, 0.717) is 6.04 Å². The molecule has 2 aromatic rings. The first-order chi connectivity index (χ1) is 11.4. The lowest BCUT2D eigenvalue weighted by atomic mass is 10.1. The third-order valence-electron chi connectivity index (χ3n) is 4.99. The lowest BCUT2D eigenvalue weighted by Gasteiger charge is -2.20. The van der Waals surface area contributed by atoms with Crippen LogP contribution in [-0.2, 0) is 6.42 Å². The van der Waals surface area contributed by atoms with Crippen molar-refractivity contribution in [2.45, 2.75) is 51.0 Å². The maximum absolute atomic E-state index is 4.78. The third-order valence-corrected chi connectivity index (χ3v) is 4.99. The summed E-state index contributed by atoms with van der Waals surface area (Å²) in [6.45, 7) is 0.999. The van der Waals surface area contributed by atoms with Crippen molar-refractivity contribution in [3.05, 3.63) is 42.1 Å². The van der Waals surface area contributed by atoms with E-state index < -0.39 is 0 Å². The van der Waals surface area contributed by atoms with E-state index in [2.05, 4.69) is 39.5 Å². The summed E-state index contributed by atoms with van der Waals surface area (Å²) in [5, 5.41) is 3.56. The highest BCUT2D eigenvalue weighted by atomic mass is 15.2. The highest BCUT2D eigenvalue weighted by Crippen LogP contribution is 2.33. The van der Waals surface area contributed by atoms with Gasteiger partial charge < -0.3 is 10.2 Å². The van der Waals surface area contributed by atoms with Crippen LogP contribution in [-0.4, -0.2) is 22.6 Å². The normalized spacial score (nSPS) is 18.5. The minimum Gasteiger partial charge on any atom is -0.351 e. The van der Waals surface area contributed by atoms with Crippen LogP contribution in [0.2, 0.25) is 0 Å². The van der Waals surface area contributed by atoms with Gasteiger partial charge in [-0.3, -0.25) is 0 Å². The van der Waals surface area contributed by atoms with Gasteiger partial charge in [-0.05, 0) is 37.0 Å². The van der Waals surface area contributed by atoms with Gasteiger partial charge in [-0.15, -0.1) is 0 Å². The van der Waals surface area contributed by atoms with Crippen LogP contribution in [0.4, 0.5) is 17.5 Å². The molecule has 1 aromatic heterocycles. The largest absolute Gasteiger partial charge is 0.351 e. The van der Waals surface area contributed by atoms with Gasteiger partial charge in [-0.2, -0.15) is 4.98 Å². The lowest BCUT2D eigenvalue weighted by Crippen LogP contribution is -2.21. The van der Waals surface area contributed by atoms with Gasteiger partial charge >= 0.3 is 0 Å². The van der Waals surface area contributed by atoms with E-state index in [9.17, 15) is 0 Å². The third kappa shape index (κ3) is 3.16. The van der Waals surface area contributed by atoms with Crippen LogP contribution in [0.5, 0.6) is 0 Å². The van der Waals surface area contributed by atoms with Crippen molar-refractivity contribution < 1.29 is 0 Å². The number of anilines is 3. The van der Waals surface area contributed by atoms with Crippen molar-refractivity contribution in [3.63, 3.8) is 0 Å². The van der Waals surface area contributed by atoms with Gasteiger partial charge in [0, 0.05) is 24.5 Å². The number of benzene rings is 1. The molecule has 0 radical (unpaired) electrons. The molecule has 1 aliphatic carbocycles. The predicted molar refractivity (Wildman–Crippen MR) is 94.3 cm³/mol. The zero-order valence-corrected chi connectivity index (χ0v) is 13.5. The summed E-state index contributed by atoms with van der Waals surface area (Å²) in [6, 6.07) is 11.1. The molecule has 2 aliphatic rings. The summed E-state index contributed by atoms with van der Waals surface area (Å²) in [7, 11) is 0. The molecule has 0 spiro atoms. The number of rotatable bonds is 3. The summed E-state index contributed by atoms with van der Waals surface area (Å²) in [5.74, 6) is 1.78. The summed E-state index contributed by atoms with van der Waals surface area (Å²) in [4.78, 5) is 11.5. The first-order valence-corrected chi connectivity index (χ1v) is 8.85. The molecular weight excluding hydrogens is 284 g/mol. The van der Waals surface area contributed by atoms with E-state index in [4.69, 9.17) is 4.98 Å². The van der Waals surface area contributed by atoms with Crippen molar-refractivity contribution in [2.75, 3.05) is 16.8 Å². The van der Waals surface area contributed by atoms with E-state index in [0.717, 1.165) is 24.7 Å². The molecule has 1 fully saturated rings. The predicted octanol–water partition coefficient (Wildman–Crippen LogP) is 4.31. The van der Waals surface area contributed by atoms with Gasteiger partial charge in [0.1, 0.15) is 5.82 Å². The van der Waals surface area contributed by atoms with E-state index >= 15 is 0 Å². The maximum atomic E-state index is 4.78. The van der Waals surface area contributed by atoms with Crippen LogP contribution in [0.15, 0.2) is 36.5 Å². The Labute approximate surface area is 138 Å². The monoisotopic (exact) mass is 308 g/mol. The zero-order valence-electron chi connectivity index (χ0n) is 13.5. The SMILES string of the molecule is c1ccc2c(c1)CCN2c1ccnc(NC2CCCCCC2)n1. The molecule has 1 N–H and O–H groups in total. The van der Waals surface area contributed by atoms with Crippen molar-refractivity contribution in [3.8, 4) is 0 Å². The minimum atomic E-state index is 0.526. The Morgan fingerprint density at radius 3 is 2.70 bits per heavy atom. The molecular formula is C19H24N4. The Morgan fingerprint density at radius 2 is 1.83 bits per heavy atom. The first kappa shape index (κ1) is 14.5. The van der Waals surface area contributed by atoms with Crippen molar-refractivity contribution in [2.24, 2.45) is 0 Å². The fraction of sp³-hybridized carbons (Fsp3) is 0.474. The number of hydrogen-bond acceptors (Lipinski definition) is 4. The van der Waals surface area contributed by atoms with Crippen LogP contribution in [0.3, 0.4) is 0 Å². The Hall–Kier alpha value is -2.10. The second-order valence-electron chi connectivity index (χ2n) is 6.60. The quantitative estimate of drug-likeness (QED) is 0.858. The molecule has 0 amide bonds. The average Bonchev–Trinajstić information content (AvgIpc) is 2.85. The van der Waals surface area contributed by atoms with Crippen molar-refractivity contribution >= 4 is 17.5 Å². The number of aromatic nitrogens is 2. The molecule has 0 bridgehead atoms. The molecule has 0 atom stereocenters. The highest BCUT2D eigenvalue weighted by molar-refractivity contribution is 5.67. The molecule has 4 heteroatoms. The van der Waals surface area contributed by atoms with Gasteiger partial charge in [-0.25, -0.2) is 4.98 Å². The number of nitrogens with one attached hydrogen (secondary N) is 1. The van der Waals surface area contributed by atoms with Crippen LogP contribution in [0.25, 0.3) is 0 Å². The molecule has 0 saturated heterocycles. The molecule has 1 saturated carbocycles. The summed E-state index contributed by atoms with van der Waals surface area (Å²) < 4.78 is 0. The standard InChI is InChI=1S/C19H24N4/c1-2-4-9-16(8-3-1)21-19-20-13-11-18(22-19)23-14-12-15-7-5-6-10-17(15)23/h5-7,10-11,13,16H,1-4,8-9,12,14H2,(H,20,21,22). The van der Waals surface area contributed by atoms with Gasteiger partial charge in [0.25, 0.3) is 0 Å². The molecule has 1 aliphatic heterocycles. The molecule has 120 valence electrons. The first-order valence-electron chi connectivity index (χ1n) is 8.85. The fourth-order valence-corrected chi connectivity index (χ4v) is 3.75. The Bertz CT molecular complexity index is 662. The average molecular weight is 308 g/mol. The highest BCUT2D eigenvalue weighted by Gasteiger charge is 2.21. The minimum absolute atomic E-state index is 0.526. The molecule has 2 heterocycles. The summed E-state index contributed by atoms with van der Waals surface area (Å²) >= 11 is 0. The topological polar surface area (TPSA) is 41.1 Å². The number of hydrogen-bond donors (Lipinski definition) is 1. The summed E-state index contributed by atoms with van der Waals surface area (Å²) in [6.07, 6.45) is 10.8. The summed E-state index contributed by atoms with van der Waals surface area (Å²) in [5.41, 5.74) is 2.69. The number of para-hydroxylation sites is 1. The van der Waals surface area contributed by atoms with E-state index in [1.54, 1.807) is 0 Å². The van der Waals surface area contributed by atoms with Gasteiger partial charge in [0.2, 0.25) is 5.95 Å². The zero-order chi connectivity index (χ0) is 15.5. The smallest absolute Gasteiger partial charge is 0.224 e. The van der Waals surface area contributed by atoms with Gasteiger partial charge in [-0.1, -0.05) is 43.9 Å². The van der Waals surface area contributed by atoms with Crippen LogP contribution < -0.4 is 10.2 Å². The molecule has 4 nitrogen and oxygen atoms in total. The van der Waals surface area contributed by atoms with Crippen molar-refractivity contribution in [1.82, 2.24) is 9.97 Å². The molecule has 1 aromatic carbocycles. The van der Waals surface area contributed by atoms with Gasteiger partial charge in [0.05, 0.1) is 0 Å². The number of nitrogens with zero attached hydrogens (tertiary/aromatic N) is 3. The Balaban J connectivity index is 1.53. The fourth-order valence-electron chi connectivity index (χ4n) is 3.75. The van der Waals surface area contributed by atoms with E-state index in [1.807, 2.05) is 12.3 Å². The van der Waals surface area contributed by atoms with E-state index in [1.165, 1.54) is 49.8 Å². The van der Waals surface area contributed by atoms with Gasteiger partial charge in [0.15, 0.2) is 0 Å². The second-order valence-corrected chi connectivity index (χ2v) is 6.60. The van der Waals surface area contributed by atoms with Crippen LogP contribution >= 0.6 is 0 Å². The molecule has 4 rings (SSSR count). The van der Waals surface area contributed by atoms with Crippen LogP contribution in [0, 0.1) is 0 Å². The lowest BCUT2D eigenvalue weighted by molar-refractivity contribution is 0.615. The Morgan fingerprint density at radius 1 is 1.00 bits per heavy atom. The van der Waals surface area contributed by atoms with Crippen LogP contribution in [0.1, 0.15) is 44.1 Å². The number of fused-ring (bicyclic) bond motifs is 1. The van der Waals surface area contributed by atoms with E-state index in [-0.39, 0.29) is 0 Å².